The number of sulfonamides is 1. The van der Waals surface area contributed by atoms with Crippen LogP contribution in [0.15, 0.2) is 36.5 Å². The fourth-order valence-electron chi connectivity index (χ4n) is 5.41. The highest BCUT2D eigenvalue weighted by molar-refractivity contribution is 7.90. The monoisotopic (exact) mass is 645 g/mol. The van der Waals surface area contributed by atoms with Crippen LogP contribution in [0.4, 0.5) is 26.3 Å². The van der Waals surface area contributed by atoms with Crippen molar-refractivity contribution in [3.63, 3.8) is 0 Å². The first kappa shape index (κ1) is 31.3. The molecule has 3 aromatic rings. The number of carbonyl (C=O) groups is 2. The summed E-state index contributed by atoms with van der Waals surface area (Å²) in [7, 11) is -4.77. The predicted octanol–water partition coefficient (Wildman–Crippen LogP) is 4.05. The first-order valence-electron chi connectivity index (χ1n) is 13.3. The molecule has 2 amide bonds. The number of rotatable bonds is 7. The average Bonchev–Trinajstić information content (AvgIpc) is 3.30. The van der Waals surface area contributed by atoms with Crippen molar-refractivity contribution >= 4 is 21.8 Å². The molecule has 2 aromatic heterocycles. The number of amides is 2. The summed E-state index contributed by atoms with van der Waals surface area (Å²) in [4.78, 5) is 31.2. The van der Waals surface area contributed by atoms with Gasteiger partial charge in [0.2, 0.25) is 10.0 Å². The van der Waals surface area contributed by atoms with Gasteiger partial charge < -0.3 is 10.1 Å². The van der Waals surface area contributed by atoms with E-state index in [-0.39, 0.29) is 29.2 Å². The summed E-state index contributed by atoms with van der Waals surface area (Å²) in [5, 5.41) is 7.33. The molecule has 236 valence electrons. The lowest BCUT2D eigenvalue weighted by molar-refractivity contribution is -0.153. The van der Waals surface area contributed by atoms with Gasteiger partial charge in [0.1, 0.15) is 11.4 Å². The Morgan fingerprint density at radius 3 is 2.55 bits per heavy atom. The number of hydrogen-bond donors (Lipinski definition) is 2. The third kappa shape index (κ3) is 6.66. The number of benzene rings is 1. The highest BCUT2D eigenvalue weighted by Gasteiger charge is 2.46. The van der Waals surface area contributed by atoms with Crippen molar-refractivity contribution in [1.29, 1.82) is 0 Å². The van der Waals surface area contributed by atoms with Crippen molar-refractivity contribution < 1.29 is 49.1 Å². The Morgan fingerprint density at radius 2 is 1.89 bits per heavy atom. The maximum atomic E-state index is 13.7. The van der Waals surface area contributed by atoms with Crippen LogP contribution in [0.3, 0.4) is 0 Å². The van der Waals surface area contributed by atoms with Crippen LogP contribution < -0.4 is 14.8 Å². The third-order valence-electron chi connectivity index (χ3n) is 7.28. The Labute approximate surface area is 246 Å². The number of pyridine rings is 1. The maximum absolute atomic E-state index is 13.7. The lowest BCUT2D eigenvalue weighted by atomic mass is 9.71. The smallest absolute Gasteiger partial charge is 0.422 e. The maximum Gasteiger partial charge on any atom is 0.422 e. The molecule has 1 atom stereocenters. The average molecular weight is 646 g/mol. The summed E-state index contributed by atoms with van der Waals surface area (Å²) in [6, 6.07) is 7.49. The van der Waals surface area contributed by atoms with Gasteiger partial charge in [-0.15, -0.1) is 0 Å². The Bertz CT molecular complexity index is 1720. The zero-order valence-electron chi connectivity index (χ0n) is 23.0. The van der Waals surface area contributed by atoms with Gasteiger partial charge in [0.15, 0.2) is 12.4 Å². The molecule has 0 saturated carbocycles. The Kier molecular flexibility index (Phi) is 7.88. The molecular weight excluding hydrogens is 620 g/mol. The van der Waals surface area contributed by atoms with Gasteiger partial charge in [-0.2, -0.15) is 31.4 Å². The second kappa shape index (κ2) is 11.1. The van der Waals surface area contributed by atoms with Crippen molar-refractivity contribution in [2.45, 2.75) is 56.9 Å². The van der Waals surface area contributed by atoms with Crippen LogP contribution in [0.25, 0.3) is 5.82 Å². The van der Waals surface area contributed by atoms with Crippen LogP contribution in [-0.2, 0) is 28.4 Å². The first-order chi connectivity index (χ1) is 20.5. The number of carbonyl (C=O) groups excluding carboxylic acids is 2. The molecule has 1 aliphatic carbocycles. The molecule has 0 fully saturated rings. The zero-order valence-corrected chi connectivity index (χ0v) is 23.8. The van der Waals surface area contributed by atoms with Crippen LogP contribution in [-0.4, -0.2) is 59.7 Å². The van der Waals surface area contributed by atoms with Gasteiger partial charge in [-0.3, -0.25) is 9.59 Å². The van der Waals surface area contributed by atoms with Crippen molar-refractivity contribution in [3.8, 4) is 11.6 Å². The van der Waals surface area contributed by atoms with E-state index in [9.17, 15) is 44.3 Å². The minimum Gasteiger partial charge on any atom is -0.484 e. The number of alkyl halides is 6. The van der Waals surface area contributed by atoms with Gasteiger partial charge in [-0.1, -0.05) is 12.1 Å². The Balaban J connectivity index is 1.53. The molecule has 17 heteroatoms. The van der Waals surface area contributed by atoms with Gasteiger partial charge in [-0.05, 0) is 61.1 Å². The summed E-state index contributed by atoms with van der Waals surface area (Å²) in [6.45, 7) is 0.265. The van der Waals surface area contributed by atoms with Crippen LogP contribution >= 0.6 is 0 Å². The number of nitrogens with one attached hydrogen (secondary N) is 2. The number of aryl methyl sites for hydroxylation is 2. The van der Waals surface area contributed by atoms with Crippen LogP contribution in [0.1, 0.15) is 62.5 Å². The van der Waals surface area contributed by atoms with Crippen molar-refractivity contribution in [2.75, 3.05) is 12.4 Å². The van der Waals surface area contributed by atoms with Gasteiger partial charge in [0, 0.05) is 12.6 Å². The molecule has 3 heterocycles. The SMILES string of the molecule is Cc1ccc(-n2nc3c(c2C(=O)NS(=O)(=O)CCC(F)(F)F)C(=O)N[C@@]2(CCCc4cc(OCC(F)(F)F)ccc42)C3)nc1. The van der Waals surface area contributed by atoms with E-state index in [2.05, 4.69) is 15.4 Å². The number of hydrogen-bond acceptors (Lipinski definition) is 7. The van der Waals surface area contributed by atoms with E-state index in [0.717, 1.165) is 10.2 Å². The number of halogens is 6. The highest BCUT2D eigenvalue weighted by atomic mass is 32.2. The van der Waals surface area contributed by atoms with E-state index < -0.39 is 64.2 Å². The lowest BCUT2D eigenvalue weighted by Gasteiger charge is -2.42. The van der Waals surface area contributed by atoms with Crippen LogP contribution in [0, 0.1) is 6.92 Å². The number of nitrogens with zero attached hydrogens (tertiary/aromatic N) is 3. The molecule has 2 aliphatic rings. The van der Waals surface area contributed by atoms with E-state index in [4.69, 9.17) is 4.74 Å². The van der Waals surface area contributed by atoms with Crippen molar-refractivity contribution in [3.05, 3.63) is 70.2 Å². The molecule has 2 N–H and O–H groups in total. The Morgan fingerprint density at radius 1 is 1.14 bits per heavy atom. The van der Waals surface area contributed by atoms with Crippen LogP contribution in [0.2, 0.25) is 0 Å². The van der Waals surface area contributed by atoms with Gasteiger partial charge >= 0.3 is 12.4 Å². The summed E-state index contributed by atoms with van der Waals surface area (Å²) >= 11 is 0. The zero-order chi connectivity index (χ0) is 32.1. The van der Waals surface area contributed by atoms with E-state index >= 15 is 0 Å². The Hall–Kier alpha value is -4.15. The lowest BCUT2D eigenvalue weighted by Crippen LogP contribution is -2.53. The summed E-state index contributed by atoms with van der Waals surface area (Å²) < 4.78 is 108. The quantitative estimate of drug-likeness (QED) is 0.371. The van der Waals surface area contributed by atoms with Crippen molar-refractivity contribution in [1.82, 2.24) is 24.8 Å². The fourth-order valence-corrected chi connectivity index (χ4v) is 6.40. The minimum absolute atomic E-state index is 0.00126. The molecule has 0 radical (unpaired) electrons. The van der Waals surface area contributed by atoms with Crippen molar-refractivity contribution in [2.24, 2.45) is 0 Å². The molecule has 0 unspecified atom stereocenters. The summed E-state index contributed by atoms with van der Waals surface area (Å²) in [6.07, 6.45) is -8.11. The van der Waals surface area contributed by atoms with Gasteiger partial charge in [0.25, 0.3) is 11.8 Å². The fraction of sp³-hybridized carbons (Fsp3) is 0.407. The van der Waals surface area contributed by atoms with E-state index in [1.54, 1.807) is 23.8 Å². The number of aromatic nitrogens is 3. The van der Waals surface area contributed by atoms with Crippen LogP contribution in [0.5, 0.6) is 5.75 Å². The molecule has 1 spiro atoms. The summed E-state index contributed by atoms with van der Waals surface area (Å²) in [5.41, 5.74) is 0.218. The molecule has 0 saturated heterocycles. The van der Waals surface area contributed by atoms with E-state index in [1.165, 1.54) is 24.4 Å². The normalized spacial score (nSPS) is 18.4. The molecule has 1 aromatic carbocycles. The molecule has 0 bridgehead atoms. The predicted molar refractivity (Wildman–Crippen MR) is 142 cm³/mol. The largest absolute Gasteiger partial charge is 0.484 e. The standard InChI is InChI=1S/C27H25F6N5O5S/c1-15-4-7-20(34-13-15)38-22(24(40)37-44(41,42)10-9-26(28,29)30)21-19(36-38)12-25(35-23(21)39)8-2-3-16-11-17(5-6-18(16)25)43-14-27(31,32)33/h4-7,11,13H,2-3,8-10,12,14H2,1H3,(H,35,39)(H,37,40)/t25-/m0/s1. The third-order valence-corrected chi connectivity index (χ3v) is 8.52. The molecule has 10 nitrogen and oxygen atoms in total. The highest BCUT2D eigenvalue weighted by Crippen LogP contribution is 2.43. The second-order valence-electron chi connectivity index (χ2n) is 10.7. The number of fused-ring (bicyclic) bond motifs is 3. The van der Waals surface area contributed by atoms with E-state index in [1.807, 2.05) is 0 Å². The van der Waals surface area contributed by atoms with E-state index in [0.29, 0.717) is 30.4 Å². The topological polar surface area (TPSA) is 132 Å². The second-order valence-corrected chi connectivity index (χ2v) is 12.5. The summed E-state index contributed by atoms with van der Waals surface area (Å²) in [5.74, 6) is -3.54. The minimum atomic E-state index is -4.79. The first-order valence-corrected chi connectivity index (χ1v) is 14.9. The van der Waals surface area contributed by atoms with Gasteiger partial charge in [0.05, 0.1) is 29.0 Å². The number of ether oxygens (including phenoxy) is 1. The molecule has 44 heavy (non-hydrogen) atoms. The van der Waals surface area contributed by atoms with Gasteiger partial charge in [-0.25, -0.2) is 22.8 Å². The molecule has 1 aliphatic heterocycles. The molecule has 5 rings (SSSR count). The molecular formula is C27H25F6N5O5S.